The van der Waals surface area contributed by atoms with E-state index in [0.717, 1.165) is 44.9 Å². The molecule has 0 aromatic heterocycles. The molecule has 0 aliphatic heterocycles. The minimum atomic E-state index is -0.686. The van der Waals surface area contributed by atoms with Crippen LogP contribution in [0.2, 0.25) is 0 Å². The van der Waals surface area contributed by atoms with Gasteiger partial charge in [-0.3, -0.25) is 0 Å². The third-order valence-corrected chi connectivity index (χ3v) is 5.07. The summed E-state index contributed by atoms with van der Waals surface area (Å²) in [6.07, 6.45) is 9.39. The molecule has 2 aliphatic rings. The molecule has 2 fully saturated rings. The number of rotatable bonds is 4. The number of hydrogen-bond donors (Lipinski definition) is 3. The van der Waals surface area contributed by atoms with Gasteiger partial charge in [-0.15, -0.1) is 0 Å². The summed E-state index contributed by atoms with van der Waals surface area (Å²) in [5, 5.41) is 16.3. The van der Waals surface area contributed by atoms with Gasteiger partial charge in [0.25, 0.3) is 0 Å². The number of nitrogens with zero attached hydrogens (tertiary/aromatic N) is 1. The van der Waals surface area contributed by atoms with Gasteiger partial charge in [-0.2, -0.15) is 0 Å². The molecule has 2 aliphatic carbocycles. The molecule has 2 atom stereocenters. The molecule has 21 heavy (non-hydrogen) atoms. The van der Waals surface area contributed by atoms with Gasteiger partial charge >= 0.3 is 6.03 Å². The summed E-state index contributed by atoms with van der Waals surface area (Å²) in [5.41, 5.74) is -0.686. The Labute approximate surface area is 128 Å². The third kappa shape index (κ3) is 5.15. The zero-order valence-electron chi connectivity index (χ0n) is 13.5. The van der Waals surface area contributed by atoms with Crippen molar-refractivity contribution in [2.24, 2.45) is 0 Å². The van der Waals surface area contributed by atoms with E-state index in [1.54, 1.807) is 0 Å². The summed E-state index contributed by atoms with van der Waals surface area (Å²) in [4.78, 5) is 14.3. The lowest BCUT2D eigenvalue weighted by Crippen LogP contribution is -2.51. The zero-order chi connectivity index (χ0) is 15.3. The molecule has 2 rings (SSSR count). The minimum absolute atomic E-state index is 0.126. The predicted molar refractivity (Wildman–Crippen MR) is 84.3 cm³/mol. The van der Waals surface area contributed by atoms with E-state index >= 15 is 0 Å². The molecule has 122 valence electrons. The molecule has 3 N–H and O–H groups in total. The van der Waals surface area contributed by atoms with Crippen LogP contribution in [-0.2, 0) is 0 Å². The van der Waals surface area contributed by atoms with Crippen molar-refractivity contribution >= 4 is 6.03 Å². The summed E-state index contributed by atoms with van der Waals surface area (Å²) in [6, 6.07) is 0.692. The number of nitrogens with one attached hydrogen (secondary N) is 2. The van der Waals surface area contributed by atoms with Crippen LogP contribution in [0.4, 0.5) is 4.79 Å². The Morgan fingerprint density at radius 3 is 2.57 bits per heavy atom. The number of hydrogen-bond acceptors (Lipinski definition) is 3. The molecule has 0 spiro atoms. The van der Waals surface area contributed by atoms with Gasteiger partial charge in [0.05, 0.1) is 5.60 Å². The van der Waals surface area contributed by atoms with Crippen molar-refractivity contribution in [1.29, 1.82) is 0 Å². The maximum Gasteiger partial charge on any atom is 0.315 e. The molecule has 0 bridgehead atoms. The van der Waals surface area contributed by atoms with E-state index in [2.05, 4.69) is 29.6 Å². The van der Waals surface area contributed by atoms with Crippen LogP contribution in [0.1, 0.15) is 57.8 Å². The van der Waals surface area contributed by atoms with E-state index in [-0.39, 0.29) is 12.1 Å². The second-order valence-corrected chi connectivity index (χ2v) is 7.09. The van der Waals surface area contributed by atoms with Crippen molar-refractivity contribution in [2.75, 3.05) is 20.6 Å². The van der Waals surface area contributed by atoms with Crippen molar-refractivity contribution in [3.8, 4) is 0 Å². The molecular formula is C16H31N3O2. The van der Waals surface area contributed by atoms with Crippen LogP contribution < -0.4 is 10.6 Å². The van der Waals surface area contributed by atoms with Crippen LogP contribution >= 0.6 is 0 Å². The van der Waals surface area contributed by atoms with E-state index in [9.17, 15) is 9.90 Å². The Hall–Kier alpha value is -0.810. The largest absolute Gasteiger partial charge is 0.388 e. The Kier molecular flexibility index (Phi) is 5.88. The second-order valence-electron chi connectivity index (χ2n) is 7.09. The maximum atomic E-state index is 12.0. The van der Waals surface area contributed by atoms with Crippen molar-refractivity contribution in [1.82, 2.24) is 15.5 Å². The van der Waals surface area contributed by atoms with Gasteiger partial charge in [0.2, 0.25) is 0 Å². The van der Waals surface area contributed by atoms with Crippen molar-refractivity contribution in [2.45, 2.75) is 75.5 Å². The van der Waals surface area contributed by atoms with Crippen LogP contribution in [0, 0.1) is 0 Å². The summed E-state index contributed by atoms with van der Waals surface area (Å²) in [5.74, 6) is 0. The topological polar surface area (TPSA) is 64.6 Å². The molecular weight excluding hydrogens is 266 g/mol. The first kappa shape index (κ1) is 16.6. The van der Waals surface area contributed by atoms with Gasteiger partial charge in [0, 0.05) is 18.6 Å². The first-order chi connectivity index (χ1) is 9.98. The SMILES string of the molecule is CN(C)C1CCCC(NC(=O)NCC2(O)CCCCC2)C1. The van der Waals surface area contributed by atoms with E-state index < -0.39 is 5.60 Å². The summed E-state index contributed by atoms with van der Waals surface area (Å²) in [6.45, 7) is 0.378. The van der Waals surface area contributed by atoms with Crippen LogP contribution in [0.25, 0.3) is 0 Å². The molecule has 2 saturated carbocycles. The minimum Gasteiger partial charge on any atom is -0.388 e. The lowest BCUT2D eigenvalue weighted by atomic mass is 9.85. The molecule has 0 saturated heterocycles. The first-order valence-electron chi connectivity index (χ1n) is 8.42. The molecule has 2 unspecified atom stereocenters. The molecule has 5 heteroatoms. The number of carbonyl (C=O) groups excluding carboxylic acids is 1. The maximum absolute atomic E-state index is 12.0. The highest BCUT2D eigenvalue weighted by molar-refractivity contribution is 5.74. The Bertz CT molecular complexity index is 340. The van der Waals surface area contributed by atoms with E-state index in [0.29, 0.717) is 12.6 Å². The van der Waals surface area contributed by atoms with Gasteiger partial charge in [0.15, 0.2) is 0 Å². The number of amides is 2. The van der Waals surface area contributed by atoms with Crippen LogP contribution in [0.15, 0.2) is 0 Å². The zero-order valence-corrected chi connectivity index (χ0v) is 13.5. The summed E-state index contributed by atoms with van der Waals surface area (Å²) < 4.78 is 0. The fourth-order valence-electron chi connectivity index (χ4n) is 3.63. The standard InChI is InChI=1S/C16H31N3O2/c1-19(2)14-8-6-7-13(11-14)18-15(20)17-12-16(21)9-4-3-5-10-16/h13-14,21H,3-12H2,1-2H3,(H2,17,18,20). The summed E-state index contributed by atoms with van der Waals surface area (Å²) >= 11 is 0. The van der Waals surface area contributed by atoms with Crippen LogP contribution in [0.5, 0.6) is 0 Å². The van der Waals surface area contributed by atoms with Gasteiger partial charge in [-0.25, -0.2) is 4.79 Å². The molecule has 0 aromatic carbocycles. The Morgan fingerprint density at radius 2 is 1.90 bits per heavy atom. The van der Waals surface area contributed by atoms with Crippen LogP contribution in [0.3, 0.4) is 0 Å². The van der Waals surface area contributed by atoms with Gasteiger partial charge in [0.1, 0.15) is 0 Å². The van der Waals surface area contributed by atoms with Crippen molar-refractivity contribution < 1.29 is 9.90 Å². The number of aliphatic hydroxyl groups is 1. The van der Waals surface area contributed by atoms with E-state index in [1.165, 1.54) is 12.8 Å². The number of urea groups is 1. The van der Waals surface area contributed by atoms with Crippen LogP contribution in [-0.4, -0.2) is 54.4 Å². The highest BCUT2D eigenvalue weighted by atomic mass is 16.3. The lowest BCUT2D eigenvalue weighted by molar-refractivity contribution is 0.00706. The summed E-state index contributed by atoms with van der Waals surface area (Å²) in [7, 11) is 4.21. The fourth-order valence-corrected chi connectivity index (χ4v) is 3.63. The molecule has 2 amide bonds. The number of carbonyl (C=O) groups is 1. The molecule has 5 nitrogen and oxygen atoms in total. The van der Waals surface area contributed by atoms with Gasteiger partial charge in [-0.1, -0.05) is 19.3 Å². The lowest BCUT2D eigenvalue weighted by Gasteiger charge is -2.35. The highest BCUT2D eigenvalue weighted by Crippen LogP contribution is 2.27. The van der Waals surface area contributed by atoms with Crippen molar-refractivity contribution in [3.05, 3.63) is 0 Å². The normalized spacial score (nSPS) is 29.1. The molecule has 0 radical (unpaired) electrons. The average molecular weight is 297 g/mol. The third-order valence-electron chi connectivity index (χ3n) is 5.07. The highest BCUT2D eigenvalue weighted by Gasteiger charge is 2.30. The second kappa shape index (κ2) is 7.45. The van der Waals surface area contributed by atoms with E-state index in [4.69, 9.17) is 0 Å². The monoisotopic (exact) mass is 297 g/mol. The smallest absolute Gasteiger partial charge is 0.315 e. The average Bonchev–Trinajstić information content (AvgIpc) is 2.46. The molecule has 0 heterocycles. The van der Waals surface area contributed by atoms with Gasteiger partial charge < -0.3 is 20.6 Å². The predicted octanol–water partition coefficient (Wildman–Crippen LogP) is 1.85. The Balaban J connectivity index is 1.71. The Morgan fingerprint density at radius 1 is 1.19 bits per heavy atom. The van der Waals surface area contributed by atoms with Gasteiger partial charge in [-0.05, 0) is 52.6 Å². The molecule has 0 aromatic rings. The fraction of sp³-hybridized carbons (Fsp3) is 0.938. The first-order valence-corrected chi connectivity index (χ1v) is 8.42. The van der Waals surface area contributed by atoms with Crippen molar-refractivity contribution in [3.63, 3.8) is 0 Å². The van der Waals surface area contributed by atoms with E-state index in [1.807, 2.05) is 0 Å². The quantitative estimate of drug-likeness (QED) is 0.742.